The Bertz CT molecular complexity index is 890. The van der Waals surface area contributed by atoms with Crippen LogP contribution in [-0.4, -0.2) is 68.6 Å². The molecule has 0 saturated carbocycles. The molecule has 1 aliphatic heterocycles. The Balaban J connectivity index is 1.55. The van der Waals surface area contributed by atoms with Gasteiger partial charge in [0.25, 0.3) is 5.91 Å². The van der Waals surface area contributed by atoms with E-state index in [1.54, 1.807) is 40.1 Å². The van der Waals surface area contributed by atoms with Crippen molar-refractivity contribution in [3.05, 3.63) is 53.6 Å². The molecule has 1 saturated heterocycles. The van der Waals surface area contributed by atoms with Gasteiger partial charge >= 0.3 is 6.61 Å². The quantitative estimate of drug-likeness (QED) is 0.671. The summed E-state index contributed by atoms with van der Waals surface area (Å²) in [6.07, 6.45) is 0.149. The molecule has 2 amide bonds. The van der Waals surface area contributed by atoms with Gasteiger partial charge in [0.05, 0.1) is 20.6 Å². The lowest BCUT2D eigenvalue weighted by Gasteiger charge is -2.35. The van der Waals surface area contributed by atoms with Crippen LogP contribution in [0.4, 0.5) is 8.78 Å². The smallest absolute Gasteiger partial charge is 0.387 e. The number of hydrogen-bond acceptors (Lipinski definition) is 5. The zero-order chi connectivity index (χ0) is 22.4. The molecule has 0 aromatic heterocycles. The van der Waals surface area contributed by atoms with Crippen LogP contribution < -0.4 is 14.2 Å². The van der Waals surface area contributed by atoms with Crippen molar-refractivity contribution in [1.29, 1.82) is 0 Å². The number of nitrogens with zero attached hydrogens (tertiary/aromatic N) is 2. The predicted octanol–water partition coefficient (Wildman–Crippen LogP) is 2.83. The van der Waals surface area contributed by atoms with E-state index in [1.165, 1.54) is 26.4 Å². The number of piperazine rings is 1. The minimum atomic E-state index is -2.88. The topological polar surface area (TPSA) is 68.3 Å². The normalized spacial score (nSPS) is 13.8. The first-order valence-corrected chi connectivity index (χ1v) is 9.73. The molecule has 2 aromatic carbocycles. The molecule has 31 heavy (non-hydrogen) atoms. The second-order valence-electron chi connectivity index (χ2n) is 6.97. The number of ether oxygens (including phenoxy) is 3. The standard InChI is InChI=1S/C22H24F2N2O5/c1-29-18-12-16(13-19(14-18)30-2)21(28)26-9-7-25(8-10-26)20(27)11-15-3-5-17(6-4-15)31-22(23)24/h3-6,12-14,22H,7-11H2,1-2H3. The van der Waals surface area contributed by atoms with Gasteiger partial charge in [0.15, 0.2) is 0 Å². The van der Waals surface area contributed by atoms with E-state index >= 15 is 0 Å². The van der Waals surface area contributed by atoms with Crippen LogP contribution in [0.5, 0.6) is 17.2 Å². The minimum Gasteiger partial charge on any atom is -0.497 e. The molecule has 9 heteroatoms. The van der Waals surface area contributed by atoms with Gasteiger partial charge in [-0.3, -0.25) is 9.59 Å². The van der Waals surface area contributed by atoms with Crippen LogP contribution in [0.1, 0.15) is 15.9 Å². The molecule has 7 nitrogen and oxygen atoms in total. The summed E-state index contributed by atoms with van der Waals surface area (Å²) in [5.74, 6) is 0.868. The van der Waals surface area contributed by atoms with Crippen LogP contribution in [0, 0.1) is 0 Å². The lowest BCUT2D eigenvalue weighted by molar-refractivity contribution is -0.131. The Morgan fingerprint density at radius 2 is 1.42 bits per heavy atom. The van der Waals surface area contributed by atoms with Crippen LogP contribution in [-0.2, 0) is 11.2 Å². The number of methoxy groups -OCH3 is 2. The average Bonchev–Trinajstić information content (AvgIpc) is 2.79. The van der Waals surface area contributed by atoms with E-state index in [9.17, 15) is 18.4 Å². The third-order valence-corrected chi connectivity index (χ3v) is 5.02. The second-order valence-corrected chi connectivity index (χ2v) is 6.97. The average molecular weight is 434 g/mol. The van der Waals surface area contributed by atoms with Crippen LogP contribution >= 0.6 is 0 Å². The van der Waals surface area contributed by atoms with Crippen molar-refractivity contribution >= 4 is 11.8 Å². The number of rotatable bonds is 7. The fraction of sp³-hybridized carbons (Fsp3) is 0.364. The zero-order valence-corrected chi connectivity index (χ0v) is 17.3. The molecule has 2 aromatic rings. The maximum Gasteiger partial charge on any atom is 0.387 e. The first-order valence-electron chi connectivity index (χ1n) is 9.73. The Morgan fingerprint density at radius 1 is 0.871 bits per heavy atom. The molecule has 0 unspecified atom stereocenters. The molecule has 0 radical (unpaired) electrons. The SMILES string of the molecule is COc1cc(OC)cc(C(=O)N2CCN(C(=O)Cc3ccc(OC(F)F)cc3)CC2)c1. The summed E-state index contributed by atoms with van der Waals surface area (Å²) in [6, 6.07) is 11.0. The highest BCUT2D eigenvalue weighted by Crippen LogP contribution is 2.24. The van der Waals surface area contributed by atoms with Crippen LogP contribution in [0.2, 0.25) is 0 Å². The van der Waals surface area contributed by atoms with Gasteiger partial charge in [-0.25, -0.2) is 0 Å². The first kappa shape index (κ1) is 22.3. The third-order valence-electron chi connectivity index (χ3n) is 5.02. The summed E-state index contributed by atoms with van der Waals surface area (Å²) in [4.78, 5) is 28.8. The summed E-state index contributed by atoms with van der Waals surface area (Å²) in [6.45, 7) is -1.24. The summed E-state index contributed by atoms with van der Waals surface area (Å²) >= 11 is 0. The van der Waals surface area contributed by atoms with Crippen molar-refractivity contribution in [2.24, 2.45) is 0 Å². The van der Waals surface area contributed by atoms with Crippen molar-refractivity contribution in [3.63, 3.8) is 0 Å². The molecular weight excluding hydrogens is 410 g/mol. The molecule has 0 aliphatic carbocycles. The van der Waals surface area contributed by atoms with E-state index in [0.717, 1.165) is 0 Å². The van der Waals surface area contributed by atoms with Crippen molar-refractivity contribution in [3.8, 4) is 17.2 Å². The number of carbonyl (C=O) groups excluding carboxylic acids is 2. The highest BCUT2D eigenvalue weighted by Gasteiger charge is 2.25. The highest BCUT2D eigenvalue weighted by atomic mass is 19.3. The fourth-order valence-electron chi connectivity index (χ4n) is 3.35. The molecule has 0 spiro atoms. The Labute approximate surface area is 179 Å². The van der Waals surface area contributed by atoms with E-state index in [0.29, 0.717) is 48.8 Å². The summed E-state index contributed by atoms with van der Waals surface area (Å²) < 4.78 is 39.2. The van der Waals surface area contributed by atoms with Crippen molar-refractivity contribution < 1.29 is 32.6 Å². The lowest BCUT2D eigenvalue weighted by Crippen LogP contribution is -2.51. The number of alkyl halides is 2. The van der Waals surface area contributed by atoms with Gasteiger partial charge in [-0.2, -0.15) is 8.78 Å². The first-order chi connectivity index (χ1) is 14.9. The Morgan fingerprint density at radius 3 is 1.94 bits per heavy atom. The van der Waals surface area contributed by atoms with Gasteiger partial charge in [0.2, 0.25) is 5.91 Å². The number of hydrogen-bond donors (Lipinski definition) is 0. The highest BCUT2D eigenvalue weighted by molar-refractivity contribution is 5.95. The van der Waals surface area contributed by atoms with E-state index < -0.39 is 6.61 Å². The summed E-state index contributed by atoms with van der Waals surface area (Å²) in [7, 11) is 3.04. The van der Waals surface area contributed by atoms with Gasteiger partial charge in [-0.15, -0.1) is 0 Å². The number of carbonyl (C=O) groups is 2. The van der Waals surface area contributed by atoms with Crippen LogP contribution in [0.25, 0.3) is 0 Å². The molecule has 1 heterocycles. The summed E-state index contributed by atoms with van der Waals surface area (Å²) in [5.41, 5.74) is 1.16. The minimum absolute atomic E-state index is 0.0486. The zero-order valence-electron chi connectivity index (χ0n) is 17.3. The summed E-state index contributed by atoms with van der Waals surface area (Å²) in [5, 5.41) is 0. The molecular formula is C22H24F2N2O5. The van der Waals surface area contributed by atoms with Gasteiger partial charge in [0.1, 0.15) is 17.2 Å². The monoisotopic (exact) mass is 434 g/mol. The molecule has 3 rings (SSSR count). The van der Waals surface area contributed by atoms with Crippen molar-refractivity contribution in [2.75, 3.05) is 40.4 Å². The van der Waals surface area contributed by atoms with Crippen molar-refractivity contribution in [2.45, 2.75) is 13.0 Å². The number of amides is 2. The second kappa shape index (κ2) is 10.1. The van der Waals surface area contributed by atoms with Gasteiger partial charge < -0.3 is 24.0 Å². The van der Waals surface area contributed by atoms with Gasteiger partial charge in [-0.05, 0) is 29.8 Å². The van der Waals surface area contributed by atoms with Gasteiger partial charge in [0, 0.05) is 37.8 Å². The van der Waals surface area contributed by atoms with Crippen molar-refractivity contribution in [1.82, 2.24) is 9.80 Å². The maximum absolute atomic E-state index is 12.9. The van der Waals surface area contributed by atoms with Crippen LogP contribution in [0.15, 0.2) is 42.5 Å². The largest absolute Gasteiger partial charge is 0.497 e. The Hall–Kier alpha value is -3.36. The fourth-order valence-corrected chi connectivity index (χ4v) is 3.35. The Kier molecular flexibility index (Phi) is 7.28. The molecule has 0 bridgehead atoms. The van der Waals surface area contributed by atoms with E-state index in [-0.39, 0.29) is 24.0 Å². The number of benzene rings is 2. The van der Waals surface area contributed by atoms with E-state index in [2.05, 4.69) is 4.74 Å². The maximum atomic E-state index is 12.9. The van der Waals surface area contributed by atoms with Crippen LogP contribution in [0.3, 0.4) is 0 Å². The predicted molar refractivity (Wildman–Crippen MR) is 109 cm³/mol. The molecule has 1 aliphatic rings. The third kappa shape index (κ3) is 5.84. The lowest BCUT2D eigenvalue weighted by atomic mass is 10.1. The molecule has 1 fully saturated rings. The van der Waals surface area contributed by atoms with Gasteiger partial charge in [-0.1, -0.05) is 12.1 Å². The molecule has 0 atom stereocenters. The molecule has 0 N–H and O–H groups in total. The number of halogens is 2. The van der Waals surface area contributed by atoms with E-state index in [1.807, 2.05) is 0 Å². The molecule has 166 valence electrons. The van der Waals surface area contributed by atoms with E-state index in [4.69, 9.17) is 9.47 Å².